The molecule has 3 rings (SSSR count). The second-order valence-electron chi connectivity index (χ2n) is 5.92. The summed E-state index contributed by atoms with van der Waals surface area (Å²) in [6, 6.07) is 5.55. The summed E-state index contributed by atoms with van der Waals surface area (Å²) < 4.78 is 49.7. The molecule has 0 amide bonds. The molecule has 0 saturated heterocycles. The fraction of sp³-hybridized carbons (Fsp3) is 0.625. The average Bonchev–Trinajstić information content (AvgIpc) is 2.52. The zero-order valence-corrected chi connectivity index (χ0v) is 12.3. The van der Waals surface area contributed by atoms with Crippen LogP contribution >= 0.6 is 0 Å². The highest BCUT2D eigenvalue weighted by atomic mass is 19.4. The van der Waals surface area contributed by atoms with Crippen molar-refractivity contribution in [2.45, 2.75) is 44.4 Å². The zero-order valence-electron chi connectivity index (χ0n) is 12.3. The number of fused-ring (bicyclic) bond motifs is 1. The first-order valence-electron chi connectivity index (χ1n) is 7.71. The largest absolute Gasteiger partial charge is 0.486 e. The van der Waals surface area contributed by atoms with E-state index < -0.39 is 12.1 Å². The number of ether oxygens (including phenoxy) is 2. The Bertz CT molecular complexity index is 519. The molecule has 2 unspecified atom stereocenters. The van der Waals surface area contributed by atoms with Crippen LogP contribution in [0.5, 0.6) is 11.5 Å². The molecule has 0 spiro atoms. The van der Waals surface area contributed by atoms with Gasteiger partial charge >= 0.3 is 6.18 Å². The van der Waals surface area contributed by atoms with Gasteiger partial charge in [0.15, 0.2) is 11.5 Å². The summed E-state index contributed by atoms with van der Waals surface area (Å²) >= 11 is 0. The Morgan fingerprint density at radius 1 is 1.14 bits per heavy atom. The van der Waals surface area contributed by atoms with E-state index in [1.165, 1.54) is 0 Å². The minimum Gasteiger partial charge on any atom is -0.486 e. The molecule has 3 nitrogen and oxygen atoms in total. The van der Waals surface area contributed by atoms with Gasteiger partial charge in [0, 0.05) is 18.2 Å². The van der Waals surface area contributed by atoms with E-state index in [9.17, 15) is 13.2 Å². The Morgan fingerprint density at radius 2 is 1.95 bits per heavy atom. The molecule has 122 valence electrons. The third-order valence-corrected chi connectivity index (χ3v) is 4.37. The molecule has 2 atom stereocenters. The van der Waals surface area contributed by atoms with Gasteiger partial charge in [0.2, 0.25) is 0 Å². The molecular weight excluding hydrogens is 295 g/mol. The van der Waals surface area contributed by atoms with Crippen LogP contribution < -0.4 is 14.8 Å². The van der Waals surface area contributed by atoms with Crippen molar-refractivity contribution in [1.29, 1.82) is 0 Å². The smallest absolute Gasteiger partial charge is 0.391 e. The summed E-state index contributed by atoms with van der Waals surface area (Å²) in [5, 5.41) is 3.25. The predicted octanol–water partition coefficient (Wildman–Crippen LogP) is 3.67. The number of benzene rings is 1. The summed E-state index contributed by atoms with van der Waals surface area (Å²) in [4.78, 5) is 0. The number of halogens is 3. The monoisotopic (exact) mass is 315 g/mol. The van der Waals surface area contributed by atoms with E-state index >= 15 is 0 Å². The maximum atomic E-state index is 12.8. The molecule has 6 heteroatoms. The van der Waals surface area contributed by atoms with Crippen molar-refractivity contribution >= 4 is 0 Å². The van der Waals surface area contributed by atoms with Gasteiger partial charge in [-0.3, -0.25) is 0 Å². The van der Waals surface area contributed by atoms with Crippen LogP contribution in [-0.4, -0.2) is 25.4 Å². The minimum atomic E-state index is -4.08. The first-order valence-corrected chi connectivity index (χ1v) is 7.71. The van der Waals surface area contributed by atoms with Crippen LogP contribution in [0.4, 0.5) is 13.2 Å². The molecule has 2 aliphatic rings. The lowest BCUT2D eigenvalue weighted by molar-refractivity contribution is -0.183. The minimum absolute atomic E-state index is 0.0965. The van der Waals surface area contributed by atoms with Crippen molar-refractivity contribution in [1.82, 2.24) is 5.32 Å². The molecule has 0 bridgehead atoms. The molecule has 1 saturated carbocycles. The zero-order chi connectivity index (χ0) is 15.6. The highest BCUT2D eigenvalue weighted by Crippen LogP contribution is 2.38. The number of rotatable bonds is 3. The van der Waals surface area contributed by atoms with E-state index in [1.807, 2.05) is 18.2 Å². The average molecular weight is 315 g/mol. The fourth-order valence-electron chi connectivity index (χ4n) is 3.20. The summed E-state index contributed by atoms with van der Waals surface area (Å²) in [5.41, 5.74) is 0.936. The second kappa shape index (κ2) is 6.36. The van der Waals surface area contributed by atoms with Gasteiger partial charge in [0.05, 0.1) is 5.92 Å². The lowest BCUT2D eigenvalue weighted by Crippen LogP contribution is -2.38. The lowest BCUT2D eigenvalue weighted by Gasteiger charge is -2.31. The predicted molar refractivity (Wildman–Crippen MR) is 76.1 cm³/mol. The first kappa shape index (κ1) is 15.5. The van der Waals surface area contributed by atoms with Crippen LogP contribution in [-0.2, 0) is 6.54 Å². The van der Waals surface area contributed by atoms with Crippen LogP contribution in [0.25, 0.3) is 0 Å². The van der Waals surface area contributed by atoms with Crippen LogP contribution in [0.1, 0.15) is 31.2 Å². The van der Waals surface area contributed by atoms with Crippen molar-refractivity contribution in [2.24, 2.45) is 5.92 Å². The Kier molecular flexibility index (Phi) is 4.47. The number of alkyl halides is 3. The van der Waals surface area contributed by atoms with E-state index in [0.29, 0.717) is 37.7 Å². The quantitative estimate of drug-likeness (QED) is 0.923. The van der Waals surface area contributed by atoms with Crippen molar-refractivity contribution in [3.05, 3.63) is 23.8 Å². The number of hydrogen-bond acceptors (Lipinski definition) is 3. The molecule has 22 heavy (non-hydrogen) atoms. The fourth-order valence-corrected chi connectivity index (χ4v) is 3.20. The van der Waals surface area contributed by atoms with Crippen molar-refractivity contribution in [3.8, 4) is 11.5 Å². The maximum absolute atomic E-state index is 12.8. The van der Waals surface area contributed by atoms with Gasteiger partial charge in [0.25, 0.3) is 0 Å². The Labute approximate surface area is 127 Å². The molecule has 0 radical (unpaired) electrons. The van der Waals surface area contributed by atoms with E-state index in [1.54, 1.807) is 0 Å². The van der Waals surface area contributed by atoms with Gasteiger partial charge in [0.1, 0.15) is 13.2 Å². The van der Waals surface area contributed by atoms with E-state index in [2.05, 4.69) is 5.32 Å². The molecule has 1 aromatic carbocycles. The topological polar surface area (TPSA) is 30.5 Å². The Morgan fingerprint density at radius 3 is 2.77 bits per heavy atom. The summed E-state index contributed by atoms with van der Waals surface area (Å²) in [5.74, 6) is 0.245. The molecule has 1 aliphatic carbocycles. The number of hydrogen-bond donors (Lipinski definition) is 1. The molecule has 1 aliphatic heterocycles. The third-order valence-electron chi connectivity index (χ3n) is 4.37. The van der Waals surface area contributed by atoms with Gasteiger partial charge in [-0.1, -0.05) is 18.6 Å². The van der Waals surface area contributed by atoms with Gasteiger partial charge in [-0.15, -0.1) is 0 Å². The summed E-state index contributed by atoms with van der Waals surface area (Å²) in [6.45, 7) is 1.53. The highest BCUT2D eigenvalue weighted by Gasteiger charge is 2.42. The second-order valence-corrected chi connectivity index (χ2v) is 5.92. The maximum Gasteiger partial charge on any atom is 0.391 e. The SMILES string of the molecule is FC(F)(F)C1CCCC(NCc2cccc3c2OCCO3)C1. The molecule has 1 N–H and O–H groups in total. The van der Waals surface area contributed by atoms with E-state index in [4.69, 9.17) is 9.47 Å². The highest BCUT2D eigenvalue weighted by molar-refractivity contribution is 5.47. The molecule has 1 aromatic rings. The van der Waals surface area contributed by atoms with Gasteiger partial charge in [-0.05, 0) is 25.3 Å². The van der Waals surface area contributed by atoms with Crippen LogP contribution in [0.2, 0.25) is 0 Å². The van der Waals surface area contributed by atoms with E-state index in [-0.39, 0.29) is 18.9 Å². The normalized spacial score (nSPS) is 25.0. The van der Waals surface area contributed by atoms with Gasteiger partial charge in [-0.25, -0.2) is 0 Å². The Balaban J connectivity index is 1.61. The number of nitrogens with one attached hydrogen (secondary N) is 1. The molecular formula is C16H20F3NO2. The van der Waals surface area contributed by atoms with Gasteiger partial charge < -0.3 is 14.8 Å². The van der Waals surface area contributed by atoms with Crippen molar-refractivity contribution in [2.75, 3.05) is 13.2 Å². The van der Waals surface area contributed by atoms with E-state index in [0.717, 1.165) is 12.0 Å². The summed E-state index contributed by atoms with van der Waals surface area (Å²) in [6.07, 6.45) is -2.26. The van der Waals surface area contributed by atoms with Crippen molar-refractivity contribution < 1.29 is 22.6 Å². The summed E-state index contributed by atoms with van der Waals surface area (Å²) in [7, 11) is 0. The molecule has 1 fully saturated rings. The number of para-hydroxylation sites is 1. The molecule has 1 heterocycles. The third kappa shape index (κ3) is 3.48. The standard InChI is InChI=1S/C16H20F3NO2/c17-16(18,19)12-4-2-5-13(9-12)20-10-11-3-1-6-14-15(11)22-8-7-21-14/h1,3,6,12-13,20H,2,4-5,7-10H2. The van der Waals surface area contributed by atoms with Crippen LogP contribution in [0, 0.1) is 5.92 Å². The molecule has 0 aromatic heterocycles. The van der Waals surface area contributed by atoms with Crippen LogP contribution in [0.3, 0.4) is 0 Å². The van der Waals surface area contributed by atoms with Crippen LogP contribution in [0.15, 0.2) is 18.2 Å². The lowest BCUT2D eigenvalue weighted by atomic mass is 9.85. The Hall–Kier alpha value is -1.43. The van der Waals surface area contributed by atoms with Gasteiger partial charge in [-0.2, -0.15) is 13.2 Å². The van der Waals surface area contributed by atoms with Crippen molar-refractivity contribution in [3.63, 3.8) is 0 Å². The first-order chi connectivity index (χ1) is 10.5.